The van der Waals surface area contributed by atoms with Gasteiger partial charge in [-0.15, -0.1) is 10.2 Å². The highest BCUT2D eigenvalue weighted by molar-refractivity contribution is 5.96. The van der Waals surface area contributed by atoms with Crippen LogP contribution in [0.4, 0.5) is 23.8 Å². The number of benzene rings is 1. The molecule has 0 atom stereocenters. The third kappa shape index (κ3) is 5.75. The summed E-state index contributed by atoms with van der Waals surface area (Å²) >= 11 is 0. The van der Waals surface area contributed by atoms with E-state index in [1.165, 1.54) is 48.4 Å². The minimum Gasteiger partial charge on any atom is -0.390 e. The fraction of sp³-hybridized carbons (Fsp3) is 0.478. The van der Waals surface area contributed by atoms with Crippen LogP contribution in [-0.4, -0.2) is 59.8 Å². The maximum atomic E-state index is 13.3. The molecule has 11 heteroatoms. The number of nitrogens with one attached hydrogen (secondary N) is 1. The molecule has 1 aliphatic carbocycles. The molecule has 2 aromatic rings. The first-order valence-electron chi connectivity index (χ1n) is 11.3. The fourth-order valence-corrected chi connectivity index (χ4v) is 4.05. The first-order valence-corrected chi connectivity index (χ1v) is 11.3. The third-order valence-electron chi connectivity index (χ3n) is 6.22. The lowest BCUT2D eigenvalue weighted by Crippen LogP contribution is -2.49. The maximum Gasteiger partial charge on any atom is 0.417 e. The average Bonchev–Trinajstić information content (AvgIpc) is 2.80. The lowest BCUT2D eigenvalue weighted by atomic mass is 9.83. The monoisotopic (exact) mass is 477 g/mol. The molecule has 1 saturated heterocycles. The number of rotatable bonds is 6. The molecule has 2 fully saturated rings. The van der Waals surface area contributed by atoms with E-state index in [0.29, 0.717) is 31.4 Å². The summed E-state index contributed by atoms with van der Waals surface area (Å²) in [6.07, 6.45) is -0.543. The molecule has 4 rings (SSSR count). The number of nitrogens with zero attached hydrogens (tertiary/aromatic N) is 4. The van der Waals surface area contributed by atoms with Gasteiger partial charge in [0.25, 0.3) is 5.91 Å². The van der Waals surface area contributed by atoms with E-state index in [1.807, 2.05) is 4.90 Å². The molecule has 1 aliphatic heterocycles. The molecule has 0 spiro atoms. The largest absolute Gasteiger partial charge is 0.417 e. The Hall–Kier alpha value is -3.37. The predicted molar refractivity (Wildman–Crippen MR) is 118 cm³/mol. The second-order valence-corrected chi connectivity index (χ2v) is 8.45. The Morgan fingerprint density at radius 3 is 2.38 bits per heavy atom. The van der Waals surface area contributed by atoms with Crippen LogP contribution < -0.4 is 15.0 Å². The molecule has 1 aromatic heterocycles. The number of hydrogen-bond acceptors (Lipinski definition) is 6. The van der Waals surface area contributed by atoms with Gasteiger partial charge in [0.05, 0.1) is 11.1 Å². The van der Waals surface area contributed by atoms with Crippen molar-refractivity contribution < 1.29 is 27.5 Å². The number of carbonyl (C=O) groups is 2. The van der Waals surface area contributed by atoms with Crippen molar-refractivity contribution in [1.82, 2.24) is 20.4 Å². The highest BCUT2D eigenvalue weighted by Crippen LogP contribution is 2.32. The lowest BCUT2D eigenvalue weighted by Gasteiger charge is -2.35. The van der Waals surface area contributed by atoms with E-state index < -0.39 is 23.7 Å². The van der Waals surface area contributed by atoms with E-state index in [2.05, 4.69) is 15.5 Å². The van der Waals surface area contributed by atoms with Gasteiger partial charge in [-0.1, -0.05) is 31.4 Å². The van der Waals surface area contributed by atoms with E-state index in [4.69, 9.17) is 4.74 Å². The topological polar surface area (TPSA) is 87.7 Å². The fourth-order valence-electron chi connectivity index (χ4n) is 4.05. The molecule has 34 heavy (non-hydrogen) atoms. The first-order chi connectivity index (χ1) is 16.3. The Labute approximate surface area is 195 Å². The summed E-state index contributed by atoms with van der Waals surface area (Å²) in [5.74, 6) is 0.642. The van der Waals surface area contributed by atoms with Crippen molar-refractivity contribution >= 4 is 17.8 Å². The Morgan fingerprint density at radius 2 is 1.76 bits per heavy atom. The number of halogens is 3. The number of alkyl halides is 3. The van der Waals surface area contributed by atoms with Crippen LogP contribution in [0.25, 0.3) is 0 Å². The summed E-state index contributed by atoms with van der Waals surface area (Å²) in [4.78, 5) is 27.9. The van der Waals surface area contributed by atoms with E-state index in [0.717, 1.165) is 12.5 Å². The van der Waals surface area contributed by atoms with E-state index in [-0.39, 0.29) is 24.5 Å². The molecule has 1 N–H and O–H groups in total. The van der Waals surface area contributed by atoms with E-state index in [1.54, 1.807) is 6.07 Å². The second-order valence-electron chi connectivity index (χ2n) is 8.45. The summed E-state index contributed by atoms with van der Waals surface area (Å²) in [5.41, 5.74) is -1.29. The number of anilines is 1. The molecule has 1 aromatic carbocycles. The smallest absolute Gasteiger partial charge is 0.390 e. The Balaban J connectivity index is 1.27. The Morgan fingerprint density at radius 1 is 1.03 bits per heavy atom. The van der Waals surface area contributed by atoms with Crippen LogP contribution in [0.3, 0.4) is 0 Å². The standard InChI is InChI=1S/C23H26F3N5O3/c24-23(25,26)18-7-2-1-6-17(18)21(32)31-14-12-30(13-15-31)19-8-9-20(29-28-19)34-22(33)27-11-10-16-4-3-5-16/h1-2,6-9,16H,3-5,10-15H2,(H,27,33). The van der Waals surface area contributed by atoms with Gasteiger partial charge in [0.1, 0.15) is 0 Å². The van der Waals surface area contributed by atoms with Gasteiger partial charge in [-0.25, -0.2) is 4.79 Å². The maximum absolute atomic E-state index is 13.3. The van der Waals surface area contributed by atoms with Gasteiger partial charge in [0.2, 0.25) is 5.88 Å². The Kier molecular flexibility index (Phi) is 7.18. The molecule has 2 amide bonds. The zero-order chi connectivity index (χ0) is 24.1. The van der Waals surface area contributed by atoms with Crippen LogP contribution in [0.1, 0.15) is 41.6 Å². The third-order valence-corrected chi connectivity index (χ3v) is 6.22. The Bertz CT molecular complexity index is 1000. The molecule has 1 saturated carbocycles. The van der Waals surface area contributed by atoms with Gasteiger partial charge in [0, 0.05) is 38.8 Å². The van der Waals surface area contributed by atoms with Crippen molar-refractivity contribution in [3.05, 3.63) is 47.5 Å². The summed E-state index contributed by atoms with van der Waals surface area (Å²) in [6, 6.07) is 7.99. The van der Waals surface area contributed by atoms with Crippen molar-refractivity contribution in [2.24, 2.45) is 5.92 Å². The van der Waals surface area contributed by atoms with Crippen LogP contribution >= 0.6 is 0 Å². The molecule has 0 radical (unpaired) electrons. The van der Waals surface area contributed by atoms with Crippen molar-refractivity contribution in [3.8, 4) is 5.88 Å². The van der Waals surface area contributed by atoms with Crippen molar-refractivity contribution in [2.75, 3.05) is 37.6 Å². The second kappa shape index (κ2) is 10.3. The summed E-state index contributed by atoms with van der Waals surface area (Å²) in [6.45, 7) is 1.82. The zero-order valence-corrected chi connectivity index (χ0v) is 18.6. The molecular weight excluding hydrogens is 451 g/mol. The van der Waals surface area contributed by atoms with Gasteiger partial charge in [-0.05, 0) is 30.5 Å². The number of piperazine rings is 1. The van der Waals surface area contributed by atoms with Crippen molar-refractivity contribution in [3.63, 3.8) is 0 Å². The first kappa shape index (κ1) is 23.8. The quantitative estimate of drug-likeness (QED) is 0.682. The predicted octanol–water partition coefficient (Wildman–Crippen LogP) is 3.74. The summed E-state index contributed by atoms with van der Waals surface area (Å²) in [7, 11) is 0. The molecule has 2 heterocycles. The molecule has 8 nitrogen and oxygen atoms in total. The van der Waals surface area contributed by atoms with Crippen LogP contribution in [-0.2, 0) is 6.18 Å². The highest BCUT2D eigenvalue weighted by Gasteiger charge is 2.36. The van der Waals surface area contributed by atoms with E-state index >= 15 is 0 Å². The van der Waals surface area contributed by atoms with Crippen LogP contribution in [0.5, 0.6) is 5.88 Å². The SMILES string of the molecule is O=C(NCCC1CCC1)Oc1ccc(N2CCN(C(=O)c3ccccc3C(F)(F)F)CC2)nn1. The molecule has 2 aliphatic rings. The zero-order valence-electron chi connectivity index (χ0n) is 18.6. The lowest BCUT2D eigenvalue weighted by molar-refractivity contribution is -0.138. The molecule has 0 unspecified atom stereocenters. The number of amides is 2. The van der Waals surface area contributed by atoms with Crippen LogP contribution in [0.2, 0.25) is 0 Å². The normalized spacial score (nSPS) is 16.7. The average molecular weight is 477 g/mol. The van der Waals surface area contributed by atoms with Gasteiger partial charge in [-0.2, -0.15) is 13.2 Å². The molecular formula is C23H26F3N5O3. The summed E-state index contributed by atoms with van der Waals surface area (Å²) < 4.78 is 44.9. The van der Waals surface area contributed by atoms with Crippen LogP contribution in [0, 0.1) is 5.92 Å². The van der Waals surface area contributed by atoms with Gasteiger partial charge >= 0.3 is 12.3 Å². The van der Waals surface area contributed by atoms with Crippen molar-refractivity contribution in [2.45, 2.75) is 31.9 Å². The minimum atomic E-state index is -4.60. The van der Waals surface area contributed by atoms with Gasteiger partial charge in [-0.3, -0.25) is 4.79 Å². The minimum absolute atomic E-state index is 0.0717. The number of ether oxygens (including phenoxy) is 1. The number of carbonyl (C=O) groups excluding carboxylic acids is 2. The van der Waals surface area contributed by atoms with E-state index in [9.17, 15) is 22.8 Å². The van der Waals surface area contributed by atoms with Gasteiger partial charge in [0.15, 0.2) is 5.82 Å². The molecule has 0 bridgehead atoms. The van der Waals surface area contributed by atoms with Crippen molar-refractivity contribution in [1.29, 1.82) is 0 Å². The van der Waals surface area contributed by atoms with Crippen LogP contribution in [0.15, 0.2) is 36.4 Å². The molecule has 182 valence electrons. The number of hydrogen-bond donors (Lipinski definition) is 1. The highest BCUT2D eigenvalue weighted by atomic mass is 19.4. The van der Waals surface area contributed by atoms with Gasteiger partial charge < -0.3 is 19.9 Å². The number of aromatic nitrogens is 2. The summed E-state index contributed by atoms with van der Waals surface area (Å²) in [5, 5.41) is 10.7.